The molecule has 7 nitrogen and oxygen atoms in total. The standard InChI is InChI=1S/C16H16N4O3/c17-10-4-5-13-12(7-10)15(22)20-14(19-13)16(23)18-8-9-2-1-3-11(21)6-9/h1-3,6-7,21H,4-5,8,17H2,(H,18,23)(H,19,20,22). The van der Waals surface area contributed by atoms with Gasteiger partial charge in [-0.2, -0.15) is 0 Å². The Bertz CT molecular complexity index is 855. The first kappa shape index (κ1) is 14.8. The molecule has 3 rings (SSSR count). The number of aromatic hydroxyl groups is 1. The van der Waals surface area contributed by atoms with Crippen molar-refractivity contribution in [3.8, 4) is 5.75 Å². The van der Waals surface area contributed by atoms with Crippen molar-refractivity contribution in [2.75, 3.05) is 0 Å². The van der Waals surface area contributed by atoms with Crippen molar-refractivity contribution in [3.05, 3.63) is 63.0 Å². The molecule has 0 radical (unpaired) electrons. The number of nitrogens with one attached hydrogen (secondary N) is 2. The number of nitrogens with zero attached hydrogens (tertiary/aromatic N) is 1. The fourth-order valence-corrected chi connectivity index (χ4v) is 2.43. The molecule has 0 spiro atoms. The lowest BCUT2D eigenvalue weighted by Gasteiger charge is -2.13. The summed E-state index contributed by atoms with van der Waals surface area (Å²) in [6, 6.07) is 6.56. The van der Waals surface area contributed by atoms with Crippen molar-refractivity contribution >= 4 is 12.0 Å². The van der Waals surface area contributed by atoms with Crippen LogP contribution in [0.2, 0.25) is 0 Å². The molecule has 0 bridgehead atoms. The fraction of sp³-hybridized carbons (Fsp3) is 0.188. The Morgan fingerprint density at radius 2 is 2.22 bits per heavy atom. The molecule has 1 aliphatic rings. The molecule has 0 fully saturated rings. The summed E-state index contributed by atoms with van der Waals surface area (Å²) in [6.45, 7) is 0.223. The number of hydrogen-bond donors (Lipinski definition) is 4. The number of fused-ring (bicyclic) bond motifs is 1. The second-order valence-corrected chi connectivity index (χ2v) is 5.35. The van der Waals surface area contributed by atoms with Gasteiger partial charge in [0.2, 0.25) is 0 Å². The summed E-state index contributed by atoms with van der Waals surface area (Å²) in [5.74, 6) is -0.375. The Labute approximate surface area is 131 Å². The molecule has 1 aromatic carbocycles. The number of carbonyl (C=O) groups excluding carboxylic acids is 1. The molecule has 0 aliphatic heterocycles. The zero-order valence-corrected chi connectivity index (χ0v) is 12.3. The number of H-pyrrole nitrogens is 1. The summed E-state index contributed by atoms with van der Waals surface area (Å²) in [4.78, 5) is 30.9. The summed E-state index contributed by atoms with van der Waals surface area (Å²) in [5, 5.41) is 12.1. The molecule has 118 valence electrons. The van der Waals surface area contributed by atoms with E-state index in [1.807, 2.05) is 0 Å². The zero-order valence-electron chi connectivity index (χ0n) is 12.3. The van der Waals surface area contributed by atoms with Crippen molar-refractivity contribution in [2.24, 2.45) is 5.73 Å². The van der Waals surface area contributed by atoms with Crippen molar-refractivity contribution in [3.63, 3.8) is 0 Å². The van der Waals surface area contributed by atoms with Crippen LogP contribution in [0.15, 0.2) is 34.8 Å². The van der Waals surface area contributed by atoms with E-state index in [0.29, 0.717) is 29.8 Å². The van der Waals surface area contributed by atoms with Crippen LogP contribution in [0, 0.1) is 0 Å². The fourth-order valence-electron chi connectivity index (χ4n) is 2.43. The molecule has 0 unspecified atom stereocenters. The van der Waals surface area contributed by atoms with Gasteiger partial charge in [-0.25, -0.2) is 4.98 Å². The van der Waals surface area contributed by atoms with Crippen molar-refractivity contribution < 1.29 is 9.90 Å². The van der Waals surface area contributed by atoms with E-state index < -0.39 is 5.91 Å². The van der Waals surface area contributed by atoms with Crippen LogP contribution in [0.1, 0.15) is 33.9 Å². The van der Waals surface area contributed by atoms with Crippen molar-refractivity contribution in [1.29, 1.82) is 0 Å². The highest BCUT2D eigenvalue weighted by molar-refractivity contribution is 5.90. The van der Waals surface area contributed by atoms with E-state index in [2.05, 4.69) is 15.3 Å². The number of aromatic nitrogens is 2. The molecule has 1 aliphatic carbocycles. The number of phenols is 1. The van der Waals surface area contributed by atoms with Gasteiger partial charge in [-0.15, -0.1) is 0 Å². The van der Waals surface area contributed by atoms with Gasteiger partial charge >= 0.3 is 0 Å². The molecule has 23 heavy (non-hydrogen) atoms. The third-order valence-electron chi connectivity index (χ3n) is 3.59. The third-order valence-corrected chi connectivity index (χ3v) is 3.59. The van der Waals surface area contributed by atoms with Gasteiger partial charge in [-0.3, -0.25) is 9.59 Å². The molecular weight excluding hydrogens is 296 g/mol. The molecule has 1 amide bonds. The van der Waals surface area contributed by atoms with E-state index in [-0.39, 0.29) is 23.7 Å². The van der Waals surface area contributed by atoms with Gasteiger partial charge < -0.3 is 21.1 Å². The van der Waals surface area contributed by atoms with Gasteiger partial charge in [-0.1, -0.05) is 12.1 Å². The molecule has 5 N–H and O–H groups in total. The number of nitrogens with two attached hydrogens (primary N) is 1. The highest BCUT2D eigenvalue weighted by atomic mass is 16.3. The van der Waals surface area contributed by atoms with Crippen LogP contribution in [-0.2, 0) is 13.0 Å². The predicted octanol–water partition coefficient (Wildman–Crippen LogP) is 0.651. The maximum atomic E-state index is 12.2. The Morgan fingerprint density at radius 3 is 3.00 bits per heavy atom. The summed E-state index contributed by atoms with van der Waals surface area (Å²) >= 11 is 0. The van der Waals surface area contributed by atoms with E-state index in [1.54, 1.807) is 30.3 Å². The Morgan fingerprint density at radius 1 is 1.39 bits per heavy atom. The SMILES string of the molecule is NC1=Cc2c(nc(C(=O)NCc3cccc(O)c3)[nH]c2=O)CC1. The summed E-state index contributed by atoms with van der Waals surface area (Å²) in [6.07, 6.45) is 2.75. The molecule has 1 heterocycles. The monoisotopic (exact) mass is 312 g/mol. The highest BCUT2D eigenvalue weighted by Gasteiger charge is 2.17. The number of aryl methyl sites for hydroxylation is 1. The largest absolute Gasteiger partial charge is 0.508 e. The first-order valence-electron chi connectivity index (χ1n) is 7.18. The van der Waals surface area contributed by atoms with Gasteiger partial charge in [0.05, 0.1) is 11.3 Å². The molecule has 0 atom stereocenters. The van der Waals surface area contributed by atoms with Gasteiger partial charge in [0, 0.05) is 12.2 Å². The van der Waals surface area contributed by atoms with Crippen LogP contribution in [0.25, 0.3) is 6.08 Å². The van der Waals surface area contributed by atoms with Gasteiger partial charge in [0.1, 0.15) is 5.75 Å². The highest BCUT2D eigenvalue weighted by Crippen LogP contribution is 2.16. The van der Waals surface area contributed by atoms with E-state index in [1.165, 1.54) is 0 Å². The minimum atomic E-state index is -0.476. The minimum absolute atomic E-state index is 0.0252. The molecule has 2 aromatic rings. The van der Waals surface area contributed by atoms with Crippen LogP contribution in [0.5, 0.6) is 5.75 Å². The number of rotatable bonds is 3. The average molecular weight is 312 g/mol. The van der Waals surface area contributed by atoms with Crippen LogP contribution in [0.4, 0.5) is 0 Å². The molecular formula is C16H16N4O3. The van der Waals surface area contributed by atoms with Gasteiger partial charge in [-0.05, 0) is 36.6 Å². The molecule has 0 saturated carbocycles. The van der Waals surface area contributed by atoms with Gasteiger partial charge in [0.15, 0.2) is 5.82 Å². The van der Waals surface area contributed by atoms with Crippen LogP contribution < -0.4 is 16.6 Å². The Hall–Kier alpha value is -3.09. The van der Waals surface area contributed by atoms with E-state index in [0.717, 1.165) is 5.56 Å². The quantitative estimate of drug-likeness (QED) is 0.663. The van der Waals surface area contributed by atoms with Crippen LogP contribution >= 0.6 is 0 Å². The lowest BCUT2D eigenvalue weighted by molar-refractivity contribution is 0.0939. The zero-order chi connectivity index (χ0) is 16.4. The van der Waals surface area contributed by atoms with Crippen LogP contribution in [0.3, 0.4) is 0 Å². The number of amides is 1. The molecule has 0 saturated heterocycles. The number of phenolic OH excluding ortho intramolecular Hbond substituents is 1. The predicted molar refractivity (Wildman–Crippen MR) is 84.6 cm³/mol. The molecule has 1 aromatic heterocycles. The normalized spacial score (nSPS) is 13.1. The smallest absolute Gasteiger partial charge is 0.287 e. The van der Waals surface area contributed by atoms with E-state index >= 15 is 0 Å². The summed E-state index contributed by atoms with van der Waals surface area (Å²) in [5.41, 5.74) is 7.71. The third kappa shape index (κ3) is 3.23. The summed E-state index contributed by atoms with van der Waals surface area (Å²) < 4.78 is 0. The lowest BCUT2D eigenvalue weighted by atomic mass is 10.0. The number of benzene rings is 1. The average Bonchev–Trinajstić information content (AvgIpc) is 2.53. The van der Waals surface area contributed by atoms with E-state index in [9.17, 15) is 14.7 Å². The number of hydrogen-bond acceptors (Lipinski definition) is 5. The minimum Gasteiger partial charge on any atom is -0.508 e. The van der Waals surface area contributed by atoms with Crippen LogP contribution in [-0.4, -0.2) is 21.0 Å². The summed E-state index contributed by atoms with van der Waals surface area (Å²) in [7, 11) is 0. The number of aromatic amines is 1. The lowest BCUT2D eigenvalue weighted by Crippen LogP contribution is -2.30. The number of carbonyl (C=O) groups is 1. The Kier molecular flexibility index (Phi) is 3.84. The first-order chi connectivity index (χ1) is 11.0. The Balaban J connectivity index is 1.78. The van der Waals surface area contributed by atoms with Gasteiger partial charge in [0.25, 0.3) is 11.5 Å². The van der Waals surface area contributed by atoms with Crippen molar-refractivity contribution in [2.45, 2.75) is 19.4 Å². The number of allylic oxidation sites excluding steroid dienone is 1. The second kappa shape index (κ2) is 5.96. The topological polar surface area (TPSA) is 121 Å². The van der Waals surface area contributed by atoms with E-state index in [4.69, 9.17) is 5.73 Å². The second-order valence-electron chi connectivity index (χ2n) is 5.35. The van der Waals surface area contributed by atoms with Crippen molar-refractivity contribution in [1.82, 2.24) is 15.3 Å². The maximum absolute atomic E-state index is 12.2. The maximum Gasteiger partial charge on any atom is 0.287 e. The molecule has 7 heteroatoms. The first-order valence-corrected chi connectivity index (χ1v) is 7.18.